The second-order valence-corrected chi connectivity index (χ2v) is 9.84. The molecule has 0 spiro atoms. The van der Waals surface area contributed by atoms with E-state index in [0.717, 1.165) is 25.7 Å². The Morgan fingerprint density at radius 3 is 2.32 bits per heavy atom. The molecule has 8 heteroatoms. The van der Waals surface area contributed by atoms with Gasteiger partial charge in [0.1, 0.15) is 4.90 Å². The molecule has 1 saturated carbocycles. The van der Waals surface area contributed by atoms with Gasteiger partial charge in [0, 0.05) is 17.3 Å². The lowest BCUT2D eigenvalue weighted by Crippen LogP contribution is -2.20. The first-order valence-electron chi connectivity index (χ1n) is 9.42. The van der Waals surface area contributed by atoms with Crippen molar-refractivity contribution >= 4 is 21.7 Å². The molecule has 0 aliphatic heterocycles. The van der Waals surface area contributed by atoms with Crippen molar-refractivity contribution in [2.75, 3.05) is 11.8 Å². The smallest absolute Gasteiger partial charge is 0.337 e. The number of carbonyl (C=O) groups is 1. The van der Waals surface area contributed by atoms with E-state index in [9.17, 15) is 13.2 Å². The zero-order valence-electron chi connectivity index (χ0n) is 16.7. The zero-order valence-corrected chi connectivity index (χ0v) is 17.5. The van der Waals surface area contributed by atoms with Crippen LogP contribution in [0.15, 0.2) is 35.4 Å². The van der Waals surface area contributed by atoms with Gasteiger partial charge in [0.2, 0.25) is 0 Å². The number of aromatic nitrogens is 2. The van der Waals surface area contributed by atoms with Crippen LogP contribution in [-0.4, -0.2) is 31.3 Å². The van der Waals surface area contributed by atoms with E-state index in [2.05, 4.69) is 14.6 Å². The monoisotopic (exact) mass is 405 g/mol. The summed E-state index contributed by atoms with van der Waals surface area (Å²) in [4.78, 5) is 11.7. The molecule has 0 bridgehead atoms. The van der Waals surface area contributed by atoms with Gasteiger partial charge in [-0.25, -0.2) is 13.2 Å². The number of rotatable bonds is 5. The summed E-state index contributed by atoms with van der Waals surface area (Å²) in [6, 6.07) is 6.39. The predicted octanol–water partition coefficient (Wildman–Crippen LogP) is 3.88. The van der Waals surface area contributed by atoms with E-state index in [0.29, 0.717) is 16.9 Å². The third kappa shape index (κ3) is 4.22. The number of hydrogen-bond donors (Lipinski definition) is 1. The second-order valence-electron chi connectivity index (χ2n) is 8.18. The molecule has 28 heavy (non-hydrogen) atoms. The van der Waals surface area contributed by atoms with Crippen LogP contribution in [0.4, 0.5) is 5.69 Å². The van der Waals surface area contributed by atoms with Crippen molar-refractivity contribution < 1.29 is 17.9 Å². The summed E-state index contributed by atoms with van der Waals surface area (Å²) in [5.74, 6) is -0.470. The molecule has 0 unspecified atom stereocenters. The van der Waals surface area contributed by atoms with Crippen LogP contribution in [0.25, 0.3) is 0 Å². The summed E-state index contributed by atoms with van der Waals surface area (Å²) < 4.78 is 35.3. The Hall–Kier alpha value is -2.35. The van der Waals surface area contributed by atoms with Crippen molar-refractivity contribution in [1.29, 1.82) is 0 Å². The van der Waals surface area contributed by atoms with E-state index in [1.54, 1.807) is 18.3 Å². The van der Waals surface area contributed by atoms with E-state index in [1.807, 2.05) is 25.5 Å². The molecule has 1 aliphatic rings. The number of esters is 1. The number of benzene rings is 1. The number of hydrogen-bond acceptors (Lipinski definition) is 5. The van der Waals surface area contributed by atoms with Gasteiger partial charge < -0.3 is 4.74 Å². The molecular weight excluding hydrogens is 378 g/mol. The minimum atomic E-state index is -3.82. The quantitative estimate of drug-likeness (QED) is 0.762. The maximum Gasteiger partial charge on any atom is 0.337 e. The first kappa shape index (κ1) is 20.4. The molecule has 0 radical (unpaired) electrons. The lowest BCUT2D eigenvalue weighted by atomic mass is 9.92. The summed E-state index contributed by atoms with van der Waals surface area (Å²) >= 11 is 0. The van der Waals surface area contributed by atoms with Crippen LogP contribution in [0, 0.1) is 0 Å². The largest absolute Gasteiger partial charge is 0.465 e. The zero-order chi connectivity index (χ0) is 20.5. The summed E-state index contributed by atoms with van der Waals surface area (Å²) in [5.41, 5.74) is 0.872. The Balaban J connectivity index is 1.93. The topological polar surface area (TPSA) is 90.3 Å². The highest BCUT2D eigenvalue weighted by Gasteiger charge is 2.32. The number of anilines is 1. The molecule has 1 aliphatic carbocycles. The number of nitrogens with zero attached hydrogens (tertiary/aromatic N) is 2. The molecule has 1 aromatic heterocycles. The maximum atomic E-state index is 13.1. The van der Waals surface area contributed by atoms with Crippen LogP contribution >= 0.6 is 0 Å². The molecule has 1 heterocycles. The molecule has 1 aromatic carbocycles. The molecule has 2 aromatic rings. The fourth-order valence-corrected chi connectivity index (χ4v) is 4.85. The molecule has 0 amide bonds. The molecule has 7 nitrogen and oxygen atoms in total. The first-order valence-corrected chi connectivity index (χ1v) is 10.9. The van der Waals surface area contributed by atoms with Crippen molar-refractivity contribution in [3.8, 4) is 0 Å². The molecule has 3 rings (SSSR count). The van der Waals surface area contributed by atoms with Crippen molar-refractivity contribution in [3.05, 3.63) is 41.7 Å². The summed E-state index contributed by atoms with van der Waals surface area (Å²) in [6.45, 7) is 5.87. The van der Waals surface area contributed by atoms with Gasteiger partial charge >= 0.3 is 5.97 Å². The van der Waals surface area contributed by atoms with Gasteiger partial charge in [-0.1, -0.05) is 33.6 Å². The molecule has 0 saturated heterocycles. The molecule has 0 atom stereocenters. The highest BCUT2D eigenvalue weighted by atomic mass is 32.2. The number of carbonyl (C=O) groups excluding carboxylic acids is 1. The summed E-state index contributed by atoms with van der Waals surface area (Å²) in [7, 11) is -2.52. The van der Waals surface area contributed by atoms with Gasteiger partial charge in [0.15, 0.2) is 0 Å². The molecule has 1 fully saturated rings. The number of ether oxygens (including phenoxy) is 1. The van der Waals surface area contributed by atoms with Crippen molar-refractivity contribution in [2.24, 2.45) is 0 Å². The number of nitrogens with one attached hydrogen (secondary N) is 1. The van der Waals surface area contributed by atoms with E-state index in [-0.39, 0.29) is 10.9 Å². The molecular formula is C20H27N3O4S. The van der Waals surface area contributed by atoms with Crippen LogP contribution < -0.4 is 4.72 Å². The van der Waals surface area contributed by atoms with Crippen LogP contribution in [0.1, 0.15) is 68.5 Å². The number of methoxy groups -OCH3 is 1. The van der Waals surface area contributed by atoms with Crippen molar-refractivity contribution in [2.45, 2.75) is 62.8 Å². The summed E-state index contributed by atoms with van der Waals surface area (Å²) in [5, 5.41) is 4.66. The van der Waals surface area contributed by atoms with E-state index in [1.165, 1.54) is 19.2 Å². The Morgan fingerprint density at radius 2 is 1.79 bits per heavy atom. The highest BCUT2D eigenvalue weighted by Crippen LogP contribution is 2.34. The Bertz CT molecular complexity index is 950. The Morgan fingerprint density at radius 1 is 1.18 bits per heavy atom. The van der Waals surface area contributed by atoms with E-state index in [4.69, 9.17) is 0 Å². The van der Waals surface area contributed by atoms with Crippen LogP contribution in [0.2, 0.25) is 0 Å². The normalized spacial score (nSPS) is 15.6. The highest BCUT2D eigenvalue weighted by molar-refractivity contribution is 7.92. The fraction of sp³-hybridized carbons (Fsp3) is 0.500. The average molecular weight is 406 g/mol. The van der Waals surface area contributed by atoms with Gasteiger partial charge in [-0.15, -0.1) is 0 Å². The van der Waals surface area contributed by atoms with Gasteiger partial charge in [-0.3, -0.25) is 9.40 Å². The van der Waals surface area contributed by atoms with E-state index >= 15 is 0 Å². The standard InChI is InChI=1S/C20H27N3O4S/c1-20(2,3)18-17(13-23(21-18)16-7-5-6-8-16)28(25,26)22-15-11-9-14(10-12-15)19(24)27-4/h9-13,16,22H,5-8H2,1-4H3. The Labute approximate surface area is 166 Å². The van der Waals surface area contributed by atoms with Crippen molar-refractivity contribution in [1.82, 2.24) is 9.78 Å². The molecule has 152 valence electrons. The van der Waals surface area contributed by atoms with Crippen LogP contribution in [0.5, 0.6) is 0 Å². The SMILES string of the molecule is COC(=O)c1ccc(NS(=O)(=O)c2cn(C3CCCC3)nc2C(C)(C)C)cc1. The maximum absolute atomic E-state index is 13.1. The Kier molecular flexibility index (Phi) is 5.52. The van der Waals surface area contributed by atoms with Crippen LogP contribution in [-0.2, 0) is 20.2 Å². The van der Waals surface area contributed by atoms with Gasteiger partial charge in [0.25, 0.3) is 10.0 Å². The number of sulfonamides is 1. The van der Waals surface area contributed by atoms with Gasteiger partial charge in [-0.2, -0.15) is 5.10 Å². The van der Waals surface area contributed by atoms with Gasteiger partial charge in [0.05, 0.1) is 24.4 Å². The lowest BCUT2D eigenvalue weighted by Gasteiger charge is -2.18. The minimum Gasteiger partial charge on any atom is -0.465 e. The van der Waals surface area contributed by atoms with Gasteiger partial charge in [-0.05, 0) is 37.1 Å². The second kappa shape index (κ2) is 7.58. The summed E-state index contributed by atoms with van der Waals surface area (Å²) in [6.07, 6.45) is 5.98. The van der Waals surface area contributed by atoms with Crippen LogP contribution in [0.3, 0.4) is 0 Å². The van der Waals surface area contributed by atoms with E-state index < -0.39 is 21.4 Å². The predicted molar refractivity (Wildman–Crippen MR) is 107 cm³/mol. The molecule has 1 N–H and O–H groups in total. The first-order chi connectivity index (χ1) is 13.1. The van der Waals surface area contributed by atoms with Crippen molar-refractivity contribution in [3.63, 3.8) is 0 Å². The third-order valence-electron chi connectivity index (χ3n) is 4.96. The average Bonchev–Trinajstić information content (AvgIpc) is 3.30. The fourth-order valence-electron chi connectivity index (χ4n) is 3.45. The minimum absolute atomic E-state index is 0.198. The third-order valence-corrected chi connectivity index (χ3v) is 6.34. The lowest BCUT2D eigenvalue weighted by molar-refractivity contribution is 0.0600.